The number of hydrogen-bond donors (Lipinski definition) is 2. The Balaban J connectivity index is 2.16. The lowest BCUT2D eigenvalue weighted by atomic mass is 9.84. The van der Waals surface area contributed by atoms with Gasteiger partial charge in [-0.2, -0.15) is 13.2 Å². The van der Waals surface area contributed by atoms with Crippen LogP contribution in [-0.4, -0.2) is 28.8 Å². The van der Waals surface area contributed by atoms with Crippen LogP contribution in [0, 0.1) is 0 Å². The number of aliphatic carboxylic acids is 1. The predicted molar refractivity (Wildman–Crippen MR) is 87.2 cm³/mol. The number of carboxylic acid groups (broad SMARTS) is 1. The monoisotopic (exact) mass is 395 g/mol. The third-order valence-electron chi connectivity index (χ3n) is 4.39. The molecule has 0 amide bonds. The van der Waals surface area contributed by atoms with Crippen molar-refractivity contribution >= 4 is 40.1 Å². The van der Waals surface area contributed by atoms with Crippen LogP contribution in [-0.2, 0) is 21.6 Å². The molecule has 2 heterocycles. The minimum absolute atomic E-state index is 0.105. The number of carbonyl (C=O) groups is 1. The molecule has 4 nitrogen and oxygen atoms in total. The molecule has 1 aromatic carbocycles. The minimum Gasteiger partial charge on any atom is -0.481 e. The van der Waals surface area contributed by atoms with Crippen LogP contribution >= 0.6 is 23.2 Å². The van der Waals surface area contributed by atoms with Crippen molar-refractivity contribution in [2.24, 2.45) is 0 Å². The van der Waals surface area contributed by atoms with E-state index in [4.69, 9.17) is 27.9 Å². The van der Waals surface area contributed by atoms with Crippen molar-refractivity contribution in [3.8, 4) is 0 Å². The molecule has 1 aliphatic heterocycles. The van der Waals surface area contributed by atoms with E-state index in [-0.39, 0.29) is 6.61 Å². The van der Waals surface area contributed by atoms with Gasteiger partial charge in [0.05, 0.1) is 28.8 Å². The first-order chi connectivity index (χ1) is 11.6. The zero-order chi connectivity index (χ0) is 18.4. The quantitative estimate of drug-likeness (QED) is 0.760. The van der Waals surface area contributed by atoms with Crippen molar-refractivity contribution in [3.63, 3.8) is 0 Å². The molecule has 0 saturated carbocycles. The van der Waals surface area contributed by atoms with E-state index in [2.05, 4.69) is 4.98 Å². The molecule has 0 saturated heterocycles. The summed E-state index contributed by atoms with van der Waals surface area (Å²) in [5.74, 6) is -1.24. The molecule has 1 unspecified atom stereocenters. The number of carboxylic acids is 1. The van der Waals surface area contributed by atoms with E-state index in [9.17, 15) is 23.1 Å². The maximum absolute atomic E-state index is 12.8. The molecule has 9 heteroatoms. The number of H-pyrrole nitrogens is 1. The maximum Gasteiger partial charge on any atom is 0.389 e. The van der Waals surface area contributed by atoms with Gasteiger partial charge in [-0.15, -0.1) is 0 Å². The van der Waals surface area contributed by atoms with Gasteiger partial charge in [0.1, 0.15) is 5.60 Å². The fourth-order valence-corrected chi connectivity index (χ4v) is 3.79. The number of nitrogens with one attached hydrogen (secondary N) is 1. The SMILES string of the molecule is O=C(O)CC1(CCC(F)(F)F)OCCc2c1[nH]c1ccc(Cl)c(Cl)c21. The molecule has 0 aliphatic carbocycles. The Morgan fingerprint density at radius 1 is 1.36 bits per heavy atom. The summed E-state index contributed by atoms with van der Waals surface area (Å²) in [6.07, 6.45) is -6.23. The van der Waals surface area contributed by atoms with Crippen molar-refractivity contribution in [2.75, 3.05) is 6.61 Å². The van der Waals surface area contributed by atoms with Gasteiger partial charge in [0.25, 0.3) is 0 Å². The maximum atomic E-state index is 12.8. The number of aromatic nitrogens is 1. The first-order valence-corrected chi connectivity index (χ1v) is 8.30. The van der Waals surface area contributed by atoms with E-state index < -0.39 is 37.0 Å². The first-order valence-electron chi connectivity index (χ1n) is 7.54. The van der Waals surface area contributed by atoms with Crippen molar-refractivity contribution in [1.29, 1.82) is 0 Å². The minimum atomic E-state index is -4.42. The van der Waals surface area contributed by atoms with E-state index >= 15 is 0 Å². The summed E-state index contributed by atoms with van der Waals surface area (Å²) < 4.78 is 43.9. The van der Waals surface area contributed by atoms with E-state index in [1.165, 1.54) is 0 Å². The number of rotatable bonds is 4. The Morgan fingerprint density at radius 2 is 2.08 bits per heavy atom. The average Bonchev–Trinajstić information content (AvgIpc) is 2.89. The molecule has 2 N–H and O–H groups in total. The predicted octanol–water partition coefficient (Wildman–Crippen LogP) is 5.06. The van der Waals surface area contributed by atoms with Crippen molar-refractivity contribution in [2.45, 2.75) is 37.5 Å². The smallest absolute Gasteiger partial charge is 0.389 e. The van der Waals surface area contributed by atoms with Gasteiger partial charge in [-0.05, 0) is 30.5 Å². The Hall–Kier alpha value is -1.44. The van der Waals surface area contributed by atoms with Gasteiger partial charge in [-0.3, -0.25) is 4.79 Å². The van der Waals surface area contributed by atoms with E-state index in [1.54, 1.807) is 12.1 Å². The summed E-state index contributed by atoms with van der Waals surface area (Å²) in [6.45, 7) is 0.105. The summed E-state index contributed by atoms with van der Waals surface area (Å²) in [6, 6.07) is 3.24. The second kappa shape index (κ2) is 6.37. The normalized spacial score (nSPS) is 20.7. The molecule has 0 bridgehead atoms. The van der Waals surface area contributed by atoms with Crippen LogP contribution in [0.1, 0.15) is 30.5 Å². The lowest BCUT2D eigenvalue weighted by Gasteiger charge is -2.36. The molecule has 1 aromatic heterocycles. The summed E-state index contributed by atoms with van der Waals surface area (Å²) in [5, 5.41) is 10.5. The second-order valence-electron chi connectivity index (χ2n) is 6.04. The Kier molecular flexibility index (Phi) is 4.68. The fraction of sp³-hybridized carbons (Fsp3) is 0.438. The van der Waals surface area contributed by atoms with Crippen LogP contribution in [0.3, 0.4) is 0 Å². The largest absolute Gasteiger partial charge is 0.481 e. The van der Waals surface area contributed by atoms with Crippen LogP contribution in [0.4, 0.5) is 13.2 Å². The van der Waals surface area contributed by atoms with Gasteiger partial charge < -0.3 is 14.8 Å². The molecule has 25 heavy (non-hydrogen) atoms. The van der Waals surface area contributed by atoms with Crippen molar-refractivity contribution < 1.29 is 27.8 Å². The number of hydrogen-bond acceptors (Lipinski definition) is 2. The summed E-state index contributed by atoms with van der Waals surface area (Å²) in [5.41, 5.74) is 0.0115. The first kappa shape index (κ1) is 18.4. The van der Waals surface area contributed by atoms with Crippen molar-refractivity contribution in [1.82, 2.24) is 4.98 Å². The molecule has 2 aromatic rings. The second-order valence-corrected chi connectivity index (χ2v) is 6.83. The van der Waals surface area contributed by atoms with Gasteiger partial charge >= 0.3 is 12.1 Å². The third kappa shape index (κ3) is 3.45. The molecule has 0 spiro atoms. The van der Waals surface area contributed by atoms with Crippen LogP contribution in [0.5, 0.6) is 0 Å². The molecule has 1 atom stereocenters. The van der Waals surface area contributed by atoms with Crippen molar-refractivity contribution in [3.05, 3.63) is 33.4 Å². The molecule has 136 valence electrons. The van der Waals surface area contributed by atoms with E-state index in [0.717, 1.165) is 0 Å². The molecule has 1 aliphatic rings. The number of benzene rings is 1. The third-order valence-corrected chi connectivity index (χ3v) is 5.20. The summed E-state index contributed by atoms with van der Waals surface area (Å²) in [4.78, 5) is 14.3. The van der Waals surface area contributed by atoms with Gasteiger partial charge in [-0.1, -0.05) is 23.2 Å². The summed E-state index contributed by atoms with van der Waals surface area (Å²) >= 11 is 12.3. The highest BCUT2D eigenvalue weighted by Gasteiger charge is 2.45. The zero-order valence-corrected chi connectivity index (χ0v) is 14.4. The number of aromatic amines is 1. The zero-order valence-electron chi connectivity index (χ0n) is 12.8. The number of fused-ring (bicyclic) bond motifs is 3. The summed E-state index contributed by atoms with van der Waals surface area (Å²) in [7, 11) is 0. The highest BCUT2D eigenvalue weighted by Crippen LogP contribution is 2.46. The van der Waals surface area contributed by atoms with Gasteiger partial charge in [-0.25, -0.2) is 0 Å². The standard InChI is InChI=1S/C16H14Cl2F3NO3/c17-9-1-2-10-12(13(9)18)8-3-6-25-15(7-11(23)24,14(8)22-10)4-5-16(19,20)21/h1-2,22H,3-7H2,(H,23,24). The number of alkyl halides is 3. The van der Waals surface area contributed by atoms with Gasteiger partial charge in [0, 0.05) is 17.3 Å². The fourth-order valence-electron chi connectivity index (χ4n) is 3.36. The number of ether oxygens (including phenoxy) is 1. The van der Waals surface area contributed by atoms with E-state index in [0.29, 0.717) is 38.6 Å². The van der Waals surface area contributed by atoms with Crippen LogP contribution < -0.4 is 0 Å². The Labute approximate surface area is 150 Å². The molecular weight excluding hydrogens is 382 g/mol. The van der Waals surface area contributed by atoms with Crippen LogP contribution in [0.15, 0.2) is 12.1 Å². The lowest BCUT2D eigenvalue weighted by Crippen LogP contribution is -2.39. The van der Waals surface area contributed by atoms with Crippen LogP contribution in [0.25, 0.3) is 10.9 Å². The molecule has 3 rings (SSSR count). The topological polar surface area (TPSA) is 62.3 Å². The Bertz CT molecular complexity index is 834. The lowest BCUT2D eigenvalue weighted by molar-refractivity contribution is -0.167. The molecule has 0 radical (unpaired) electrons. The highest BCUT2D eigenvalue weighted by molar-refractivity contribution is 6.45. The Morgan fingerprint density at radius 3 is 2.72 bits per heavy atom. The van der Waals surface area contributed by atoms with Crippen LogP contribution in [0.2, 0.25) is 10.0 Å². The average molecular weight is 396 g/mol. The highest BCUT2D eigenvalue weighted by atomic mass is 35.5. The van der Waals surface area contributed by atoms with Gasteiger partial charge in [0.15, 0.2) is 0 Å². The molecule has 0 fully saturated rings. The molecular formula is C16H14Cl2F3NO3. The number of halogens is 5. The van der Waals surface area contributed by atoms with Gasteiger partial charge in [0.2, 0.25) is 0 Å². The van der Waals surface area contributed by atoms with E-state index in [1.807, 2.05) is 0 Å².